The lowest BCUT2D eigenvalue weighted by Crippen LogP contribution is -1.94. The molecule has 0 saturated carbocycles. The van der Waals surface area contributed by atoms with Crippen molar-refractivity contribution in [1.82, 2.24) is 0 Å². The van der Waals surface area contributed by atoms with Gasteiger partial charge < -0.3 is 0 Å². The van der Waals surface area contributed by atoms with Crippen LogP contribution in [0.3, 0.4) is 0 Å². The molecule has 0 aromatic rings. The number of hydrogen-bond acceptors (Lipinski definition) is 0. The van der Waals surface area contributed by atoms with Crippen LogP contribution in [0.5, 0.6) is 0 Å². The minimum Gasteiger partial charge on any atom is -0.100 e. The minimum atomic E-state index is 0.650. The van der Waals surface area contributed by atoms with Gasteiger partial charge in [-0.2, -0.15) is 0 Å². The van der Waals surface area contributed by atoms with Crippen molar-refractivity contribution < 1.29 is 0 Å². The molecule has 1 unspecified atom stereocenters. The van der Waals surface area contributed by atoms with E-state index in [2.05, 4.69) is 33.9 Å². The van der Waals surface area contributed by atoms with Crippen molar-refractivity contribution in [3.8, 4) is 0 Å². The maximum atomic E-state index is 3.90. The fraction of sp³-hybridized carbons (Fsp3) is 0.600. The van der Waals surface area contributed by atoms with Crippen LogP contribution >= 0.6 is 0 Å². The van der Waals surface area contributed by atoms with Gasteiger partial charge in [-0.25, -0.2) is 0 Å². The smallest absolute Gasteiger partial charge is 0.0234 e. The molecule has 0 radical (unpaired) electrons. The average Bonchev–Trinajstić information content (AvgIpc) is 1.82. The van der Waals surface area contributed by atoms with Gasteiger partial charge in [-0.1, -0.05) is 24.6 Å². The second-order valence-electron chi connectivity index (χ2n) is 3.24. The zero-order valence-corrected chi connectivity index (χ0v) is 7.41. The van der Waals surface area contributed by atoms with Crippen molar-refractivity contribution in [3.63, 3.8) is 0 Å². The summed E-state index contributed by atoms with van der Waals surface area (Å²) < 4.78 is 0. The molecular weight excluding hydrogens is 120 g/mol. The average molecular weight is 138 g/mol. The molecule has 0 nitrogen and oxygen atoms in total. The molecule has 0 spiro atoms. The molecule has 58 valence electrons. The molecule has 0 aliphatic heterocycles. The van der Waals surface area contributed by atoms with Gasteiger partial charge in [-0.05, 0) is 32.6 Å². The molecule has 0 aliphatic carbocycles. The molecule has 0 heterocycles. The molecule has 0 aromatic heterocycles. The number of rotatable bonds is 4. The maximum absolute atomic E-state index is 3.90. The first-order valence-corrected chi connectivity index (χ1v) is 3.83. The van der Waals surface area contributed by atoms with Crippen LogP contribution in [0.15, 0.2) is 24.3 Å². The third-order valence-electron chi connectivity index (χ3n) is 1.85. The van der Waals surface area contributed by atoms with E-state index in [0.717, 1.165) is 6.42 Å². The first-order valence-electron chi connectivity index (χ1n) is 3.83. The first-order chi connectivity index (χ1) is 4.54. The van der Waals surface area contributed by atoms with Gasteiger partial charge in [0.2, 0.25) is 0 Å². The topological polar surface area (TPSA) is 0 Å². The highest BCUT2D eigenvalue weighted by Crippen LogP contribution is 2.16. The van der Waals surface area contributed by atoms with E-state index in [4.69, 9.17) is 0 Å². The van der Waals surface area contributed by atoms with E-state index in [1.807, 2.05) is 0 Å². The van der Waals surface area contributed by atoms with Crippen LogP contribution in [-0.2, 0) is 0 Å². The Bertz CT molecular complexity index is 131. The number of allylic oxidation sites excluding steroid dienone is 2. The summed E-state index contributed by atoms with van der Waals surface area (Å²) in [5.74, 6) is 0.650. The molecule has 0 bridgehead atoms. The van der Waals surface area contributed by atoms with Crippen molar-refractivity contribution >= 4 is 0 Å². The minimum absolute atomic E-state index is 0.650. The predicted octanol–water partition coefficient (Wildman–Crippen LogP) is 3.55. The summed E-state index contributed by atoms with van der Waals surface area (Å²) in [6.45, 7) is 14.1. The highest BCUT2D eigenvalue weighted by atomic mass is 14.1. The molecule has 0 N–H and O–H groups in total. The summed E-state index contributed by atoms with van der Waals surface area (Å²) in [6.07, 6.45) is 2.33. The molecule has 0 heteroatoms. The van der Waals surface area contributed by atoms with Gasteiger partial charge in [0.05, 0.1) is 0 Å². The molecule has 0 fully saturated rings. The molecule has 0 rings (SSSR count). The summed E-state index contributed by atoms with van der Waals surface area (Å²) >= 11 is 0. The second-order valence-corrected chi connectivity index (χ2v) is 3.24. The first kappa shape index (κ1) is 9.48. The van der Waals surface area contributed by atoms with Crippen molar-refractivity contribution in [1.29, 1.82) is 0 Å². The van der Waals surface area contributed by atoms with Gasteiger partial charge in [0.25, 0.3) is 0 Å². The second kappa shape index (κ2) is 4.32. The Balaban J connectivity index is 3.49. The van der Waals surface area contributed by atoms with Gasteiger partial charge >= 0.3 is 0 Å². The fourth-order valence-electron chi connectivity index (χ4n) is 0.709. The lowest BCUT2D eigenvalue weighted by Gasteiger charge is -2.09. The van der Waals surface area contributed by atoms with Crippen LogP contribution in [0.2, 0.25) is 0 Å². The Morgan fingerprint density at radius 1 is 1.30 bits per heavy atom. The van der Waals surface area contributed by atoms with E-state index in [0.29, 0.717) is 5.92 Å². The highest BCUT2D eigenvalue weighted by Gasteiger charge is 2.00. The Kier molecular flexibility index (Phi) is 4.10. The Morgan fingerprint density at radius 3 is 2.10 bits per heavy atom. The van der Waals surface area contributed by atoms with Crippen molar-refractivity contribution in [2.45, 2.75) is 33.6 Å². The van der Waals surface area contributed by atoms with Gasteiger partial charge in [-0.3, -0.25) is 0 Å². The summed E-state index contributed by atoms with van der Waals surface area (Å²) in [4.78, 5) is 0. The molecule has 0 saturated heterocycles. The maximum Gasteiger partial charge on any atom is -0.0234 e. The van der Waals surface area contributed by atoms with Gasteiger partial charge in [0.15, 0.2) is 0 Å². The summed E-state index contributed by atoms with van der Waals surface area (Å²) in [5, 5.41) is 0. The lowest BCUT2D eigenvalue weighted by atomic mass is 9.97. The van der Waals surface area contributed by atoms with Gasteiger partial charge in [-0.15, -0.1) is 6.58 Å². The van der Waals surface area contributed by atoms with E-state index in [-0.39, 0.29) is 0 Å². The van der Waals surface area contributed by atoms with Crippen LogP contribution in [0.25, 0.3) is 0 Å². The molecule has 0 amide bonds. The zero-order valence-electron chi connectivity index (χ0n) is 7.41. The van der Waals surface area contributed by atoms with E-state index in [1.54, 1.807) is 0 Å². The van der Waals surface area contributed by atoms with Crippen molar-refractivity contribution in [2.24, 2.45) is 5.92 Å². The third-order valence-corrected chi connectivity index (χ3v) is 1.85. The largest absolute Gasteiger partial charge is 0.100 e. The summed E-state index contributed by atoms with van der Waals surface area (Å²) in [7, 11) is 0. The van der Waals surface area contributed by atoms with Crippen LogP contribution in [-0.4, -0.2) is 0 Å². The third kappa shape index (κ3) is 4.37. The summed E-state index contributed by atoms with van der Waals surface area (Å²) in [5.41, 5.74) is 2.55. The Hall–Kier alpha value is -0.520. The van der Waals surface area contributed by atoms with Crippen molar-refractivity contribution in [3.05, 3.63) is 24.3 Å². The van der Waals surface area contributed by atoms with Gasteiger partial charge in [0.1, 0.15) is 0 Å². The molecule has 0 aliphatic rings. The molecular formula is C10H18. The van der Waals surface area contributed by atoms with E-state index >= 15 is 0 Å². The SMILES string of the molecule is C=C(C)CCC(C)C(=C)C. The lowest BCUT2D eigenvalue weighted by molar-refractivity contribution is 0.613. The fourth-order valence-corrected chi connectivity index (χ4v) is 0.709. The van der Waals surface area contributed by atoms with Crippen LogP contribution in [0, 0.1) is 5.92 Å². The van der Waals surface area contributed by atoms with Crippen LogP contribution in [0.4, 0.5) is 0 Å². The Labute approximate surface area is 64.6 Å². The quantitative estimate of drug-likeness (QED) is 0.521. The molecule has 0 aromatic carbocycles. The normalized spacial score (nSPS) is 12.7. The van der Waals surface area contributed by atoms with E-state index < -0.39 is 0 Å². The number of hydrogen-bond donors (Lipinski definition) is 0. The van der Waals surface area contributed by atoms with Crippen LogP contribution < -0.4 is 0 Å². The van der Waals surface area contributed by atoms with E-state index in [1.165, 1.54) is 17.6 Å². The standard InChI is InChI=1S/C10H18/c1-8(2)6-7-10(5)9(3)4/h10H,1,3,6-7H2,2,4-5H3. The highest BCUT2D eigenvalue weighted by molar-refractivity contribution is 4.97. The molecule has 10 heavy (non-hydrogen) atoms. The van der Waals surface area contributed by atoms with E-state index in [9.17, 15) is 0 Å². The zero-order chi connectivity index (χ0) is 8.15. The monoisotopic (exact) mass is 138 g/mol. The summed E-state index contributed by atoms with van der Waals surface area (Å²) in [6, 6.07) is 0. The molecule has 1 atom stereocenters. The van der Waals surface area contributed by atoms with Crippen molar-refractivity contribution in [2.75, 3.05) is 0 Å². The Morgan fingerprint density at radius 2 is 1.80 bits per heavy atom. The van der Waals surface area contributed by atoms with Gasteiger partial charge in [0, 0.05) is 0 Å². The van der Waals surface area contributed by atoms with Crippen LogP contribution in [0.1, 0.15) is 33.6 Å². The predicted molar refractivity (Wildman–Crippen MR) is 48.0 cm³/mol.